The van der Waals surface area contributed by atoms with E-state index in [1.807, 2.05) is 26.8 Å². The molecule has 0 aromatic heterocycles. The van der Waals surface area contributed by atoms with E-state index in [4.69, 9.17) is 23.2 Å². The predicted molar refractivity (Wildman–Crippen MR) is 73.3 cm³/mol. The smallest absolute Gasteiger partial charge is 0.220 e. The Morgan fingerprint density at radius 3 is 2.47 bits per heavy atom. The van der Waals surface area contributed by atoms with Gasteiger partial charge in [-0.1, -0.05) is 18.2 Å². The van der Waals surface area contributed by atoms with E-state index in [1.165, 1.54) is 6.92 Å². The zero-order valence-electron chi connectivity index (χ0n) is 10.7. The van der Waals surface area contributed by atoms with Crippen molar-refractivity contribution in [2.75, 3.05) is 0 Å². The van der Waals surface area contributed by atoms with Gasteiger partial charge in [0.2, 0.25) is 5.91 Å². The monoisotopic (exact) mass is 275 g/mol. The van der Waals surface area contributed by atoms with Gasteiger partial charge in [-0.2, -0.15) is 0 Å². The molecule has 0 radical (unpaired) electrons. The Balaban J connectivity index is 3.06. The number of carbonyl (C=O) groups excluding carboxylic acids is 1. The van der Waals surface area contributed by atoms with E-state index in [9.17, 15) is 4.79 Å². The molecule has 0 saturated carbocycles. The first-order valence-corrected chi connectivity index (χ1v) is 6.34. The first kappa shape index (κ1) is 14.6. The van der Waals surface area contributed by atoms with Crippen molar-refractivity contribution in [3.05, 3.63) is 23.9 Å². The average Bonchev–Trinajstić information content (AvgIpc) is 1.93. The lowest BCUT2D eigenvalue weighted by molar-refractivity contribution is -0.118. The highest BCUT2D eigenvalue weighted by atomic mass is 35.5. The molecule has 1 rings (SSSR count). The van der Waals surface area contributed by atoms with Crippen LogP contribution in [0.5, 0.6) is 0 Å². The van der Waals surface area contributed by atoms with Crippen molar-refractivity contribution in [2.45, 2.75) is 43.9 Å². The van der Waals surface area contributed by atoms with Crippen LogP contribution in [0.25, 0.3) is 0 Å². The first-order valence-electron chi connectivity index (χ1n) is 5.59. The van der Waals surface area contributed by atoms with Crippen LogP contribution in [0.15, 0.2) is 23.9 Å². The highest BCUT2D eigenvalue weighted by Crippen LogP contribution is 2.47. The van der Waals surface area contributed by atoms with Crippen molar-refractivity contribution < 1.29 is 4.79 Å². The number of carbonyl (C=O) groups is 1. The maximum Gasteiger partial charge on any atom is 0.220 e. The van der Waals surface area contributed by atoms with Gasteiger partial charge in [-0.3, -0.25) is 4.79 Å². The summed E-state index contributed by atoms with van der Waals surface area (Å²) in [5.41, 5.74) is 1.68. The van der Waals surface area contributed by atoms with Gasteiger partial charge < -0.3 is 5.32 Å². The third kappa shape index (κ3) is 3.49. The van der Waals surface area contributed by atoms with Gasteiger partial charge in [0.1, 0.15) is 0 Å². The van der Waals surface area contributed by atoms with E-state index in [0.717, 1.165) is 5.57 Å². The van der Waals surface area contributed by atoms with Crippen molar-refractivity contribution in [1.82, 2.24) is 5.32 Å². The molecule has 96 valence electrons. The van der Waals surface area contributed by atoms with Crippen molar-refractivity contribution >= 4 is 29.1 Å². The fraction of sp³-hybridized carbons (Fsp3) is 0.615. The van der Waals surface area contributed by atoms with Gasteiger partial charge in [0, 0.05) is 18.5 Å². The number of amides is 1. The van der Waals surface area contributed by atoms with Crippen molar-refractivity contribution in [3.63, 3.8) is 0 Å². The van der Waals surface area contributed by atoms with Crippen LogP contribution in [0.4, 0.5) is 0 Å². The third-order valence-electron chi connectivity index (χ3n) is 2.96. The zero-order chi connectivity index (χ0) is 13.4. The SMILES string of the molecule is C=C(NC(C)=O)C1C(C)=CC(C)(Cl)CC1(C)Cl. The van der Waals surface area contributed by atoms with Crippen LogP contribution in [0.2, 0.25) is 0 Å². The molecule has 0 aromatic rings. The second kappa shape index (κ2) is 4.66. The van der Waals surface area contributed by atoms with Crippen LogP contribution in [0.3, 0.4) is 0 Å². The van der Waals surface area contributed by atoms with Crippen molar-refractivity contribution in [2.24, 2.45) is 5.92 Å². The van der Waals surface area contributed by atoms with E-state index in [-0.39, 0.29) is 11.8 Å². The molecule has 17 heavy (non-hydrogen) atoms. The molecule has 0 spiro atoms. The Kier molecular flexibility index (Phi) is 4.00. The van der Waals surface area contributed by atoms with Crippen LogP contribution in [-0.2, 0) is 4.79 Å². The summed E-state index contributed by atoms with van der Waals surface area (Å²) < 4.78 is 0. The van der Waals surface area contributed by atoms with E-state index in [0.29, 0.717) is 12.1 Å². The van der Waals surface area contributed by atoms with Crippen LogP contribution in [0.1, 0.15) is 34.1 Å². The number of rotatable bonds is 2. The number of halogens is 2. The van der Waals surface area contributed by atoms with E-state index >= 15 is 0 Å². The van der Waals surface area contributed by atoms with Gasteiger partial charge in [0.05, 0.1) is 9.75 Å². The van der Waals surface area contributed by atoms with E-state index < -0.39 is 9.75 Å². The molecule has 2 nitrogen and oxygen atoms in total. The summed E-state index contributed by atoms with van der Waals surface area (Å²) >= 11 is 12.9. The maximum atomic E-state index is 11.1. The molecule has 0 bridgehead atoms. The van der Waals surface area contributed by atoms with Crippen molar-refractivity contribution in [1.29, 1.82) is 0 Å². The second-order valence-electron chi connectivity index (χ2n) is 5.26. The lowest BCUT2D eigenvalue weighted by Gasteiger charge is -2.42. The highest BCUT2D eigenvalue weighted by molar-refractivity contribution is 6.28. The lowest BCUT2D eigenvalue weighted by atomic mass is 9.73. The second-order valence-corrected chi connectivity index (χ2v) is 6.99. The largest absolute Gasteiger partial charge is 0.330 e. The molecular formula is C13H19Cl2NO. The summed E-state index contributed by atoms with van der Waals surface area (Å²) in [6.07, 6.45) is 2.63. The number of nitrogens with one attached hydrogen (secondary N) is 1. The van der Waals surface area contributed by atoms with Gasteiger partial charge in [-0.25, -0.2) is 0 Å². The first-order chi connectivity index (χ1) is 7.55. The van der Waals surface area contributed by atoms with Gasteiger partial charge in [0.15, 0.2) is 0 Å². The Hall–Kier alpha value is -0.470. The maximum absolute atomic E-state index is 11.1. The molecular weight excluding hydrogens is 257 g/mol. The number of alkyl halides is 2. The predicted octanol–water partition coefficient (Wildman–Crippen LogP) is 3.60. The Morgan fingerprint density at radius 1 is 1.53 bits per heavy atom. The van der Waals surface area contributed by atoms with Gasteiger partial charge in [0.25, 0.3) is 0 Å². The summed E-state index contributed by atoms with van der Waals surface area (Å²) in [4.78, 5) is 10.1. The molecule has 3 unspecified atom stereocenters. The number of hydrogen-bond donors (Lipinski definition) is 1. The van der Waals surface area contributed by atoms with Crippen molar-refractivity contribution in [3.8, 4) is 0 Å². The van der Waals surface area contributed by atoms with Crippen LogP contribution < -0.4 is 5.32 Å². The number of hydrogen-bond acceptors (Lipinski definition) is 1. The molecule has 1 N–H and O–H groups in total. The summed E-state index contributed by atoms with van der Waals surface area (Å²) in [6.45, 7) is 11.2. The van der Waals surface area contributed by atoms with E-state index in [1.54, 1.807) is 0 Å². The molecule has 1 aliphatic carbocycles. The minimum absolute atomic E-state index is 0.0834. The van der Waals surface area contributed by atoms with E-state index in [2.05, 4.69) is 11.9 Å². The fourth-order valence-corrected chi connectivity index (χ4v) is 3.90. The molecule has 4 heteroatoms. The molecule has 1 amide bonds. The summed E-state index contributed by atoms with van der Waals surface area (Å²) in [6, 6.07) is 0. The minimum Gasteiger partial charge on any atom is -0.330 e. The molecule has 1 aliphatic rings. The summed E-state index contributed by atoms with van der Waals surface area (Å²) in [5.74, 6) is -0.214. The topological polar surface area (TPSA) is 29.1 Å². The zero-order valence-corrected chi connectivity index (χ0v) is 12.2. The van der Waals surface area contributed by atoms with Crippen LogP contribution >= 0.6 is 23.2 Å². The number of allylic oxidation sites excluding steroid dienone is 2. The highest BCUT2D eigenvalue weighted by Gasteiger charge is 2.44. The third-order valence-corrected chi connectivity index (χ3v) is 3.56. The summed E-state index contributed by atoms with van der Waals surface area (Å²) in [5, 5.41) is 2.72. The lowest BCUT2D eigenvalue weighted by Crippen LogP contribution is -2.44. The Bertz CT molecular complexity index is 383. The summed E-state index contributed by atoms with van der Waals surface area (Å²) in [7, 11) is 0. The molecule has 0 aliphatic heterocycles. The standard InChI is InChI=1S/C13H19Cl2NO/c1-8-6-12(4,14)7-13(5,15)11(8)9(2)16-10(3)17/h6,11H,2,7H2,1,3-5H3,(H,16,17). The Morgan fingerprint density at radius 2 is 2.06 bits per heavy atom. The molecule has 0 saturated heterocycles. The average molecular weight is 276 g/mol. The molecule has 0 aromatic carbocycles. The van der Waals surface area contributed by atoms with Crippen LogP contribution in [-0.4, -0.2) is 15.7 Å². The molecule has 0 fully saturated rings. The van der Waals surface area contributed by atoms with Gasteiger partial charge >= 0.3 is 0 Å². The quantitative estimate of drug-likeness (QED) is 0.606. The van der Waals surface area contributed by atoms with Gasteiger partial charge in [-0.15, -0.1) is 23.2 Å². The fourth-order valence-electron chi connectivity index (χ4n) is 2.80. The Labute approximate surface area is 113 Å². The normalized spacial score (nSPS) is 37.3. The van der Waals surface area contributed by atoms with Crippen LogP contribution in [0, 0.1) is 5.92 Å². The molecule has 0 heterocycles. The molecule has 3 atom stereocenters. The van der Waals surface area contributed by atoms with Gasteiger partial charge in [-0.05, 0) is 27.2 Å². The minimum atomic E-state index is -0.533.